The summed E-state index contributed by atoms with van der Waals surface area (Å²) in [4.78, 5) is 24.3. The largest absolute Gasteiger partial charge is 0.335 e. The second-order valence-electron chi connectivity index (χ2n) is 7.45. The minimum absolute atomic E-state index is 0.606. The molecule has 2 aliphatic rings. The van der Waals surface area contributed by atoms with Crippen molar-refractivity contribution in [3.05, 3.63) is 55.1 Å². The summed E-state index contributed by atoms with van der Waals surface area (Å²) in [7, 11) is 2.05. The lowest BCUT2D eigenvalue weighted by Crippen LogP contribution is -1.90. The van der Waals surface area contributed by atoms with Crippen LogP contribution in [0.4, 0.5) is 0 Å². The van der Waals surface area contributed by atoms with Gasteiger partial charge in [-0.05, 0) is 30.3 Å². The SMILES string of the molecule is Cn1c2cncc(c2)c2cc3c(cn2)[nH][nH]c-3c2nc3nccc(c4ccc1s4)c3n2. The number of thiophene rings is 1. The van der Waals surface area contributed by atoms with Crippen molar-refractivity contribution in [2.24, 2.45) is 7.05 Å². The fourth-order valence-corrected chi connectivity index (χ4v) is 5.02. The quantitative estimate of drug-likeness (QED) is 0.368. The topological polar surface area (TPSA) is 101 Å². The molecule has 0 radical (unpaired) electrons. The third-order valence-electron chi connectivity index (χ3n) is 5.65. The molecule has 148 valence electrons. The van der Waals surface area contributed by atoms with Crippen molar-refractivity contribution in [3.63, 3.8) is 0 Å². The molecule has 7 rings (SSSR count). The van der Waals surface area contributed by atoms with Crippen LogP contribution in [0.15, 0.2) is 55.1 Å². The molecule has 0 atom stereocenters. The van der Waals surface area contributed by atoms with Gasteiger partial charge in [0.15, 0.2) is 11.3 Å². The van der Waals surface area contributed by atoms with E-state index in [0.29, 0.717) is 11.3 Å². The van der Waals surface area contributed by atoms with E-state index in [1.165, 1.54) is 0 Å². The number of rotatable bonds is 0. The summed E-state index contributed by atoms with van der Waals surface area (Å²) in [6.07, 6.45) is 7.31. The molecule has 0 unspecified atom stereocenters. The standard InChI is InChI=1S/C22H14N8S/c1-30-12-6-11(8-23-9-12)15-7-14-16(10-25-15)28-29-20(14)22-26-19-13(4-5-24-21(19)27-22)17-2-3-18(30)31-17/h2-10,28-29H,1H3. The zero-order chi connectivity index (χ0) is 20.5. The Morgan fingerprint density at radius 1 is 0.935 bits per heavy atom. The maximum absolute atomic E-state index is 4.87. The zero-order valence-electron chi connectivity index (χ0n) is 16.3. The first-order valence-corrected chi connectivity index (χ1v) is 10.5. The van der Waals surface area contributed by atoms with E-state index in [2.05, 4.69) is 47.9 Å². The second kappa shape index (κ2) is 5.96. The molecule has 0 amide bonds. The molecule has 2 N–H and O–H groups in total. The Labute approximate surface area is 178 Å². The molecule has 0 fully saturated rings. The highest BCUT2D eigenvalue weighted by molar-refractivity contribution is 7.23. The normalized spacial score (nSPS) is 12.0. The minimum atomic E-state index is 0.606. The van der Waals surface area contributed by atoms with Gasteiger partial charge in [0.2, 0.25) is 0 Å². The maximum atomic E-state index is 4.87. The highest BCUT2D eigenvalue weighted by Gasteiger charge is 2.15. The van der Waals surface area contributed by atoms with Gasteiger partial charge in [0.25, 0.3) is 0 Å². The molecule has 2 aliphatic heterocycles. The Morgan fingerprint density at radius 3 is 2.87 bits per heavy atom. The molecular weight excluding hydrogens is 408 g/mol. The van der Waals surface area contributed by atoms with Crippen molar-refractivity contribution in [1.29, 1.82) is 0 Å². The van der Waals surface area contributed by atoms with Crippen LogP contribution in [-0.2, 0) is 7.05 Å². The molecule has 5 aromatic heterocycles. The number of aromatic amines is 2. The van der Waals surface area contributed by atoms with E-state index in [1.807, 2.05) is 37.8 Å². The van der Waals surface area contributed by atoms with Gasteiger partial charge in [-0.3, -0.25) is 20.2 Å². The molecule has 0 spiro atoms. The number of H-pyrrole nitrogens is 2. The van der Waals surface area contributed by atoms with E-state index in [9.17, 15) is 0 Å². The third-order valence-corrected chi connectivity index (χ3v) is 6.84. The number of pyridine rings is 3. The van der Waals surface area contributed by atoms with E-state index < -0.39 is 0 Å². The molecule has 9 heteroatoms. The van der Waals surface area contributed by atoms with Crippen LogP contribution < -0.4 is 0 Å². The summed E-state index contributed by atoms with van der Waals surface area (Å²) >= 11 is 1.70. The highest BCUT2D eigenvalue weighted by Crippen LogP contribution is 2.31. The molecule has 0 aliphatic carbocycles. The fraction of sp³-hybridized carbons (Fsp3) is 0.0455. The number of nitrogens with one attached hydrogen (secondary N) is 2. The third kappa shape index (κ3) is 2.37. The van der Waals surface area contributed by atoms with Gasteiger partial charge in [-0.25, -0.2) is 15.0 Å². The molecular formula is C22H14N8S. The van der Waals surface area contributed by atoms with Crippen LogP contribution >= 0.6 is 11.3 Å². The summed E-state index contributed by atoms with van der Waals surface area (Å²) in [5, 5.41) is 8.35. The first-order chi connectivity index (χ1) is 15.2. The smallest absolute Gasteiger partial charge is 0.181 e. The number of aromatic nitrogens is 8. The van der Waals surface area contributed by atoms with Gasteiger partial charge < -0.3 is 4.57 Å². The lowest BCUT2D eigenvalue weighted by atomic mass is 10.1. The summed E-state index contributed by atoms with van der Waals surface area (Å²) in [5.74, 6) is 0. The molecule has 8 bridgehead atoms. The number of imidazole rings is 1. The van der Waals surface area contributed by atoms with Gasteiger partial charge in [-0.1, -0.05) is 0 Å². The predicted molar refractivity (Wildman–Crippen MR) is 123 cm³/mol. The van der Waals surface area contributed by atoms with E-state index in [4.69, 9.17) is 9.97 Å². The van der Waals surface area contributed by atoms with Gasteiger partial charge in [-0.15, -0.1) is 11.3 Å². The maximum Gasteiger partial charge on any atom is 0.181 e. The average Bonchev–Trinajstić information content (AvgIpc) is 3.54. The van der Waals surface area contributed by atoms with E-state index in [0.717, 1.165) is 53.6 Å². The molecule has 0 aromatic carbocycles. The van der Waals surface area contributed by atoms with E-state index >= 15 is 0 Å². The number of hydrogen-bond acceptors (Lipinski definition) is 6. The van der Waals surface area contributed by atoms with Crippen LogP contribution in [-0.4, -0.2) is 39.7 Å². The van der Waals surface area contributed by atoms with Crippen molar-refractivity contribution < 1.29 is 0 Å². The zero-order valence-corrected chi connectivity index (χ0v) is 17.1. The van der Waals surface area contributed by atoms with Crippen LogP contribution in [0.25, 0.3) is 64.9 Å². The van der Waals surface area contributed by atoms with Crippen molar-refractivity contribution in [1.82, 2.24) is 39.7 Å². The Balaban J connectivity index is 1.77. The second-order valence-corrected chi connectivity index (χ2v) is 8.51. The van der Waals surface area contributed by atoms with Gasteiger partial charge in [0.05, 0.1) is 33.8 Å². The van der Waals surface area contributed by atoms with Crippen LogP contribution in [0, 0.1) is 0 Å². The number of aryl methyl sites for hydroxylation is 1. The Bertz CT molecular complexity index is 1820. The van der Waals surface area contributed by atoms with Crippen LogP contribution in [0.2, 0.25) is 0 Å². The lowest BCUT2D eigenvalue weighted by molar-refractivity contribution is 1.00. The van der Waals surface area contributed by atoms with Crippen molar-refractivity contribution >= 4 is 65.0 Å². The van der Waals surface area contributed by atoms with Crippen molar-refractivity contribution in [3.8, 4) is 11.3 Å². The highest BCUT2D eigenvalue weighted by atomic mass is 32.1. The summed E-state index contributed by atoms with van der Waals surface area (Å²) in [6.45, 7) is 0. The molecule has 5 aromatic rings. The average molecular weight is 422 g/mol. The van der Waals surface area contributed by atoms with E-state index in [-0.39, 0.29) is 0 Å². The lowest BCUT2D eigenvalue weighted by Gasteiger charge is -2.01. The molecule has 7 heterocycles. The fourth-order valence-electron chi connectivity index (χ4n) is 4.00. The number of fused-ring (bicyclic) bond motifs is 9. The predicted octanol–water partition coefficient (Wildman–Crippen LogP) is 4.71. The minimum Gasteiger partial charge on any atom is -0.335 e. The van der Waals surface area contributed by atoms with Crippen LogP contribution in [0.5, 0.6) is 0 Å². The molecule has 8 nitrogen and oxygen atoms in total. The monoisotopic (exact) mass is 422 g/mol. The van der Waals surface area contributed by atoms with Crippen LogP contribution in [0.3, 0.4) is 0 Å². The van der Waals surface area contributed by atoms with Gasteiger partial charge in [0, 0.05) is 40.5 Å². The summed E-state index contributed by atoms with van der Waals surface area (Å²) < 4.78 is 3.25. The number of nitrogens with zero attached hydrogens (tertiary/aromatic N) is 6. The van der Waals surface area contributed by atoms with Gasteiger partial charge >= 0.3 is 0 Å². The van der Waals surface area contributed by atoms with Crippen molar-refractivity contribution in [2.75, 3.05) is 0 Å². The first kappa shape index (κ1) is 16.7. The summed E-state index contributed by atoms with van der Waals surface area (Å²) in [5.41, 5.74) is 6.53. The Morgan fingerprint density at radius 2 is 1.90 bits per heavy atom. The molecule has 0 saturated heterocycles. The first-order valence-electron chi connectivity index (χ1n) is 9.73. The number of hydrogen-bond donors (Lipinski definition) is 2. The summed E-state index contributed by atoms with van der Waals surface area (Å²) in [6, 6.07) is 10.4. The molecule has 0 saturated carbocycles. The van der Waals surface area contributed by atoms with Gasteiger partial charge in [0.1, 0.15) is 11.2 Å². The van der Waals surface area contributed by atoms with Gasteiger partial charge in [-0.2, -0.15) is 0 Å². The van der Waals surface area contributed by atoms with Crippen LogP contribution in [0.1, 0.15) is 0 Å². The molecule has 31 heavy (non-hydrogen) atoms. The Kier molecular flexibility index (Phi) is 3.20. The Hall–Kier alpha value is -4.11. The van der Waals surface area contributed by atoms with Crippen molar-refractivity contribution in [2.45, 2.75) is 0 Å². The van der Waals surface area contributed by atoms with E-state index in [1.54, 1.807) is 17.5 Å².